The van der Waals surface area contributed by atoms with Crippen molar-refractivity contribution in [2.45, 2.75) is 6.18 Å². The van der Waals surface area contributed by atoms with Gasteiger partial charge in [0.1, 0.15) is 5.69 Å². The topological polar surface area (TPSA) is 25.8 Å². The highest BCUT2D eigenvalue weighted by Crippen LogP contribution is 2.37. The van der Waals surface area contributed by atoms with Crippen molar-refractivity contribution in [2.24, 2.45) is 0 Å². The molecule has 0 aliphatic carbocycles. The van der Waals surface area contributed by atoms with Crippen molar-refractivity contribution in [3.63, 3.8) is 0 Å². The van der Waals surface area contributed by atoms with Gasteiger partial charge in [-0.1, -0.05) is 54.1 Å². The normalized spacial score (nSPS) is 11.5. The van der Waals surface area contributed by atoms with Gasteiger partial charge in [0.05, 0.1) is 16.8 Å². The monoisotopic (exact) mass is 334 g/mol. The van der Waals surface area contributed by atoms with Crippen LogP contribution in [0.5, 0.6) is 0 Å². The van der Waals surface area contributed by atoms with Crippen LogP contribution in [0.15, 0.2) is 60.8 Å². The molecule has 1 heterocycles. The number of alkyl halides is 3. The van der Waals surface area contributed by atoms with Gasteiger partial charge in [0.15, 0.2) is 0 Å². The molecule has 0 fully saturated rings. The Morgan fingerprint density at radius 3 is 2.09 bits per heavy atom. The second kappa shape index (κ2) is 6.01. The molecule has 2 nitrogen and oxygen atoms in total. The third kappa shape index (κ3) is 3.19. The molecule has 0 saturated carbocycles. The Kier molecular flexibility index (Phi) is 4.05. The Morgan fingerprint density at radius 2 is 1.48 bits per heavy atom. The molecule has 1 aromatic heterocycles. The summed E-state index contributed by atoms with van der Waals surface area (Å²) in [5, 5.41) is 8.27. The summed E-state index contributed by atoms with van der Waals surface area (Å²) in [6.45, 7) is 0. The van der Waals surface area contributed by atoms with E-state index in [-0.39, 0.29) is 0 Å². The molecule has 0 bridgehead atoms. The number of hydrogen-bond donors (Lipinski definition) is 0. The van der Waals surface area contributed by atoms with Crippen molar-refractivity contribution in [3.8, 4) is 22.4 Å². The quantitative estimate of drug-likeness (QED) is 0.620. The van der Waals surface area contributed by atoms with Gasteiger partial charge in [-0.25, -0.2) is 0 Å². The molecule has 116 valence electrons. The lowest BCUT2D eigenvalue weighted by atomic mass is 9.99. The summed E-state index contributed by atoms with van der Waals surface area (Å²) < 4.78 is 38.1. The van der Waals surface area contributed by atoms with Crippen LogP contribution < -0.4 is 0 Å². The van der Waals surface area contributed by atoms with Crippen LogP contribution in [-0.4, -0.2) is 10.2 Å². The molecule has 0 radical (unpaired) electrons. The van der Waals surface area contributed by atoms with Crippen molar-refractivity contribution in [1.82, 2.24) is 10.2 Å². The first kappa shape index (κ1) is 15.5. The molecule has 0 saturated heterocycles. The van der Waals surface area contributed by atoms with Gasteiger partial charge in [0.25, 0.3) is 0 Å². The van der Waals surface area contributed by atoms with Crippen LogP contribution in [0.1, 0.15) is 5.56 Å². The highest BCUT2D eigenvalue weighted by Gasteiger charge is 2.30. The maximum atomic E-state index is 12.7. The minimum absolute atomic E-state index is 0.332. The van der Waals surface area contributed by atoms with Crippen LogP contribution in [0.2, 0.25) is 5.02 Å². The Balaban J connectivity index is 2.13. The van der Waals surface area contributed by atoms with E-state index in [0.717, 1.165) is 17.7 Å². The van der Waals surface area contributed by atoms with Crippen LogP contribution >= 0.6 is 11.6 Å². The molecule has 6 heteroatoms. The predicted molar refractivity (Wildman–Crippen MR) is 82.9 cm³/mol. The van der Waals surface area contributed by atoms with Crippen molar-refractivity contribution in [2.75, 3.05) is 0 Å². The fraction of sp³-hybridized carbons (Fsp3) is 0.0588. The molecule has 23 heavy (non-hydrogen) atoms. The maximum Gasteiger partial charge on any atom is 0.416 e. The van der Waals surface area contributed by atoms with Crippen LogP contribution in [-0.2, 0) is 6.18 Å². The maximum absolute atomic E-state index is 12.7. The molecular formula is C17H10ClF3N2. The summed E-state index contributed by atoms with van der Waals surface area (Å²) >= 11 is 6.22. The van der Waals surface area contributed by atoms with Crippen LogP contribution in [0.4, 0.5) is 13.2 Å². The number of benzene rings is 2. The number of aromatic nitrogens is 2. The minimum atomic E-state index is -4.37. The van der Waals surface area contributed by atoms with E-state index in [9.17, 15) is 13.2 Å². The molecule has 0 spiro atoms. The van der Waals surface area contributed by atoms with Crippen molar-refractivity contribution >= 4 is 11.6 Å². The van der Waals surface area contributed by atoms with E-state index in [1.807, 2.05) is 30.3 Å². The average Bonchev–Trinajstić information content (AvgIpc) is 2.55. The summed E-state index contributed by atoms with van der Waals surface area (Å²) in [5.74, 6) is 0. The molecule has 0 unspecified atom stereocenters. The summed E-state index contributed by atoms with van der Waals surface area (Å²) in [5.41, 5.74) is 1.72. The van der Waals surface area contributed by atoms with E-state index in [2.05, 4.69) is 10.2 Å². The number of hydrogen-bond acceptors (Lipinski definition) is 2. The average molecular weight is 335 g/mol. The summed E-state index contributed by atoms with van der Waals surface area (Å²) in [6.07, 6.45) is -3.00. The zero-order valence-electron chi connectivity index (χ0n) is 11.7. The molecule has 0 aliphatic rings. The van der Waals surface area contributed by atoms with Crippen molar-refractivity contribution in [3.05, 3.63) is 71.4 Å². The van der Waals surface area contributed by atoms with E-state index in [0.29, 0.717) is 21.8 Å². The zero-order valence-corrected chi connectivity index (χ0v) is 12.4. The van der Waals surface area contributed by atoms with Crippen LogP contribution in [0.25, 0.3) is 22.4 Å². The Bertz CT molecular complexity index is 815. The molecule has 3 rings (SSSR count). The second-order valence-electron chi connectivity index (χ2n) is 4.86. The molecule has 0 N–H and O–H groups in total. The Hall–Kier alpha value is -2.40. The predicted octanol–water partition coefficient (Wildman–Crippen LogP) is 5.48. The first-order valence-corrected chi connectivity index (χ1v) is 7.09. The molecule has 0 aliphatic heterocycles. The first-order chi connectivity index (χ1) is 11.0. The van der Waals surface area contributed by atoms with E-state index in [4.69, 9.17) is 11.6 Å². The number of halogens is 4. The van der Waals surface area contributed by atoms with Crippen molar-refractivity contribution < 1.29 is 13.2 Å². The van der Waals surface area contributed by atoms with E-state index in [1.54, 1.807) is 0 Å². The lowest BCUT2D eigenvalue weighted by Gasteiger charge is -2.12. The van der Waals surface area contributed by atoms with E-state index < -0.39 is 11.7 Å². The van der Waals surface area contributed by atoms with Crippen LogP contribution in [0, 0.1) is 0 Å². The third-order valence-corrected chi connectivity index (χ3v) is 3.64. The highest BCUT2D eigenvalue weighted by molar-refractivity contribution is 6.33. The Morgan fingerprint density at radius 1 is 0.826 bits per heavy atom. The van der Waals surface area contributed by atoms with Crippen LogP contribution in [0.3, 0.4) is 0 Å². The fourth-order valence-electron chi connectivity index (χ4n) is 2.26. The molecule has 0 amide bonds. The van der Waals surface area contributed by atoms with Gasteiger partial charge in [-0.2, -0.15) is 18.3 Å². The smallest absolute Gasteiger partial charge is 0.166 e. The van der Waals surface area contributed by atoms with E-state index in [1.165, 1.54) is 18.3 Å². The fourth-order valence-corrected chi connectivity index (χ4v) is 2.51. The van der Waals surface area contributed by atoms with Gasteiger partial charge in [-0.3, -0.25) is 0 Å². The van der Waals surface area contributed by atoms with Gasteiger partial charge in [-0.15, -0.1) is 5.10 Å². The van der Waals surface area contributed by atoms with Gasteiger partial charge in [-0.05, 0) is 17.7 Å². The molecule has 0 atom stereocenters. The van der Waals surface area contributed by atoms with Gasteiger partial charge >= 0.3 is 6.18 Å². The summed E-state index contributed by atoms with van der Waals surface area (Å²) in [7, 11) is 0. The SMILES string of the molecule is FC(F)(F)c1ccc(-c2c(Cl)cnnc2-c2ccccc2)cc1. The first-order valence-electron chi connectivity index (χ1n) is 6.71. The van der Waals surface area contributed by atoms with Gasteiger partial charge in [0.2, 0.25) is 0 Å². The lowest BCUT2D eigenvalue weighted by molar-refractivity contribution is -0.137. The highest BCUT2D eigenvalue weighted by atomic mass is 35.5. The van der Waals surface area contributed by atoms with Gasteiger partial charge in [0, 0.05) is 11.1 Å². The molecule has 3 aromatic rings. The minimum Gasteiger partial charge on any atom is -0.166 e. The third-order valence-electron chi connectivity index (χ3n) is 3.35. The molecule has 2 aromatic carbocycles. The molecular weight excluding hydrogens is 325 g/mol. The van der Waals surface area contributed by atoms with Gasteiger partial charge < -0.3 is 0 Å². The lowest BCUT2D eigenvalue weighted by Crippen LogP contribution is -2.04. The second-order valence-corrected chi connectivity index (χ2v) is 5.26. The standard InChI is InChI=1S/C17H10ClF3N2/c18-14-10-22-23-16(12-4-2-1-3-5-12)15(14)11-6-8-13(9-7-11)17(19,20)21/h1-10H. The number of rotatable bonds is 2. The summed E-state index contributed by atoms with van der Waals surface area (Å²) in [4.78, 5) is 0. The zero-order chi connectivity index (χ0) is 16.4. The number of nitrogens with zero attached hydrogens (tertiary/aromatic N) is 2. The van der Waals surface area contributed by atoms with Crippen molar-refractivity contribution in [1.29, 1.82) is 0 Å². The largest absolute Gasteiger partial charge is 0.416 e. The Labute approximate surface area is 135 Å². The summed E-state index contributed by atoms with van der Waals surface area (Å²) in [6, 6.07) is 14.1. The van der Waals surface area contributed by atoms with E-state index >= 15 is 0 Å².